The molecule has 1 aliphatic heterocycles. The molecule has 1 saturated heterocycles. The van der Waals surface area contributed by atoms with Crippen LogP contribution in [0.5, 0.6) is 0 Å². The molecule has 2 N–H and O–H groups in total. The van der Waals surface area contributed by atoms with Crippen LogP contribution in [0.2, 0.25) is 0 Å². The minimum atomic E-state index is -0.214. The second-order valence-corrected chi connectivity index (χ2v) is 7.56. The first-order valence-corrected chi connectivity index (χ1v) is 10.0. The molecular formula is C23H23N3OS. The van der Waals surface area contributed by atoms with E-state index in [9.17, 15) is 4.79 Å². The first-order valence-electron chi connectivity index (χ1n) is 9.60. The summed E-state index contributed by atoms with van der Waals surface area (Å²) >= 11 is 5.31. The molecule has 0 saturated carbocycles. The van der Waals surface area contributed by atoms with Crippen molar-refractivity contribution in [2.24, 2.45) is 0 Å². The number of carbonyl (C=O) groups is 1. The van der Waals surface area contributed by atoms with Gasteiger partial charge in [0.15, 0.2) is 5.11 Å². The van der Waals surface area contributed by atoms with Crippen molar-refractivity contribution in [1.82, 2.24) is 10.2 Å². The van der Waals surface area contributed by atoms with Gasteiger partial charge in [0, 0.05) is 17.8 Å². The maximum absolute atomic E-state index is 12.5. The van der Waals surface area contributed by atoms with Gasteiger partial charge in [0.2, 0.25) is 0 Å². The summed E-state index contributed by atoms with van der Waals surface area (Å²) in [6, 6.07) is 21.8. The van der Waals surface area contributed by atoms with Crippen molar-refractivity contribution in [3.63, 3.8) is 0 Å². The van der Waals surface area contributed by atoms with E-state index in [1.54, 1.807) is 0 Å². The Kier molecular flexibility index (Phi) is 5.65. The predicted molar refractivity (Wildman–Crippen MR) is 119 cm³/mol. The topological polar surface area (TPSA) is 44.4 Å². The number of benzene rings is 3. The highest BCUT2D eigenvalue weighted by Crippen LogP contribution is 2.17. The lowest BCUT2D eigenvalue weighted by Gasteiger charge is -2.15. The number of hydrogen-bond acceptors (Lipinski definition) is 3. The molecule has 28 heavy (non-hydrogen) atoms. The van der Waals surface area contributed by atoms with Crippen LogP contribution < -0.4 is 10.6 Å². The summed E-state index contributed by atoms with van der Waals surface area (Å²) in [6.45, 7) is 3.36. The van der Waals surface area contributed by atoms with Crippen LogP contribution in [0.3, 0.4) is 0 Å². The average Bonchev–Trinajstić information content (AvgIpc) is 3.22. The lowest BCUT2D eigenvalue weighted by atomic mass is 10.1. The summed E-state index contributed by atoms with van der Waals surface area (Å²) in [5, 5.41) is 8.27. The van der Waals surface area contributed by atoms with Gasteiger partial charge in [-0.15, -0.1) is 0 Å². The number of rotatable bonds is 4. The standard InChI is InChI=1S/C23H23N3OS/c27-22(20-10-9-18-5-1-2-6-19(18)15-20)25-23(28)24-21-11-7-17(8-12-21)16-26-13-3-4-14-26/h1-2,5-12,15H,3-4,13-14,16H2,(H2,24,25,27,28). The van der Waals surface area contributed by atoms with Gasteiger partial charge < -0.3 is 5.32 Å². The molecule has 0 atom stereocenters. The molecule has 0 radical (unpaired) electrons. The third kappa shape index (κ3) is 4.55. The van der Waals surface area contributed by atoms with Crippen LogP contribution in [-0.4, -0.2) is 29.0 Å². The van der Waals surface area contributed by atoms with Gasteiger partial charge >= 0.3 is 0 Å². The Bertz CT molecular complexity index is 994. The molecule has 0 spiro atoms. The van der Waals surface area contributed by atoms with E-state index in [0.29, 0.717) is 10.7 Å². The molecule has 0 bridgehead atoms. The molecule has 0 aliphatic carbocycles. The van der Waals surface area contributed by atoms with E-state index >= 15 is 0 Å². The molecule has 3 aromatic rings. The van der Waals surface area contributed by atoms with Crippen LogP contribution in [0.1, 0.15) is 28.8 Å². The number of anilines is 1. The minimum Gasteiger partial charge on any atom is -0.332 e. The summed E-state index contributed by atoms with van der Waals surface area (Å²) in [5.41, 5.74) is 2.75. The zero-order valence-corrected chi connectivity index (χ0v) is 16.5. The zero-order chi connectivity index (χ0) is 19.3. The highest BCUT2D eigenvalue weighted by Gasteiger charge is 2.12. The number of fused-ring (bicyclic) bond motifs is 1. The van der Waals surface area contributed by atoms with Crippen molar-refractivity contribution in [3.8, 4) is 0 Å². The molecule has 4 nitrogen and oxygen atoms in total. The van der Waals surface area contributed by atoms with Gasteiger partial charge in [-0.25, -0.2) is 0 Å². The Labute approximate surface area is 170 Å². The molecule has 142 valence electrons. The van der Waals surface area contributed by atoms with Crippen molar-refractivity contribution in [1.29, 1.82) is 0 Å². The Balaban J connectivity index is 1.34. The van der Waals surface area contributed by atoms with Crippen LogP contribution in [0.15, 0.2) is 66.7 Å². The summed E-state index contributed by atoms with van der Waals surface area (Å²) in [5.74, 6) is -0.214. The van der Waals surface area contributed by atoms with Crippen molar-refractivity contribution >= 4 is 39.7 Å². The van der Waals surface area contributed by atoms with Gasteiger partial charge in [0.25, 0.3) is 5.91 Å². The maximum Gasteiger partial charge on any atom is 0.257 e. The average molecular weight is 390 g/mol. The van der Waals surface area contributed by atoms with E-state index in [1.807, 2.05) is 54.6 Å². The Morgan fingerprint density at radius 3 is 2.39 bits per heavy atom. The van der Waals surface area contributed by atoms with E-state index in [0.717, 1.165) is 23.0 Å². The van der Waals surface area contributed by atoms with Gasteiger partial charge in [-0.1, -0.05) is 42.5 Å². The van der Waals surface area contributed by atoms with E-state index < -0.39 is 0 Å². The van der Waals surface area contributed by atoms with Crippen LogP contribution in [-0.2, 0) is 6.54 Å². The predicted octanol–water partition coefficient (Wildman–Crippen LogP) is 4.56. The molecule has 5 heteroatoms. The number of nitrogens with one attached hydrogen (secondary N) is 2. The van der Waals surface area contributed by atoms with E-state index in [4.69, 9.17) is 12.2 Å². The molecule has 1 amide bonds. The fourth-order valence-corrected chi connectivity index (χ4v) is 3.77. The van der Waals surface area contributed by atoms with Gasteiger partial charge in [-0.05, 0) is 78.8 Å². The monoisotopic (exact) mass is 389 g/mol. The summed E-state index contributed by atoms with van der Waals surface area (Å²) < 4.78 is 0. The minimum absolute atomic E-state index is 0.214. The third-order valence-electron chi connectivity index (χ3n) is 5.06. The Hall–Kier alpha value is -2.76. The number of carbonyl (C=O) groups excluding carboxylic acids is 1. The smallest absolute Gasteiger partial charge is 0.257 e. The number of nitrogens with zero attached hydrogens (tertiary/aromatic N) is 1. The van der Waals surface area contributed by atoms with Crippen LogP contribution in [0.25, 0.3) is 10.8 Å². The van der Waals surface area contributed by atoms with Gasteiger partial charge in [0.05, 0.1) is 0 Å². The van der Waals surface area contributed by atoms with Crippen molar-refractivity contribution in [3.05, 3.63) is 77.9 Å². The van der Waals surface area contributed by atoms with Crippen LogP contribution >= 0.6 is 12.2 Å². The number of hydrogen-bond donors (Lipinski definition) is 2. The second kappa shape index (κ2) is 8.50. The van der Waals surface area contributed by atoms with Gasteiger partial charge in [0.1, 0.15) is 0 Å². The number of likely N-dealkylation sites (tertiary alicyclic amines) is 1. The van der Waals surface area contributed by atoms with Crippen LogP contribution in [0.4, 0.5) is 5.69 Å². The first kappa shape index (κ1) is 18.6. The largest absolute Gasteiger partial charge is 0.332 e. The van der Waals surface area contributed by atoms with Crippen molar-refractivity contribution in [2.75, 3.05) is 18.4 Å². The molecule has 0 unspecified atom stereocenters. The van der Waals surface area contributed by atoms with Gasteiger partial charge in [-0.2, -0.15) is 0 Å². The summed E-state index contributed by atoms with van der Waals surface area (Å²) in [6.07, 6.45) is 2.59. The maximum atomic E-state index is 12.5. The molecular weight excluding hydrogens is 366 g/mol. The van der Waals surface area contributed by atoms with E-state index in [2.05, 4.69) is 27.7 Å². The lowest BCUT2D eigenvalue weighted by molar-refractivity contribution is 0.0978. The summed E-state index contributed by atoms with van der Waals surface area (Å²) in [7, 11) is 0. The van der Waals surface area contributed by atoms with Gasteiger partial charge in [-0.3, -0.25) is 15.0 Å². The molecule has 1 aliphatic rings. The molecule has 0 aromatic heterocycles. The fourth-order valence-electron chi connectivity index (χ4n) is 3.56. The van der Waals surface area contributed by atoms with Crippen molar-refractivity contribution < 1.29 is 4.79 Å². The quantitative estimate of drug-likeness (QED) is 0.642. The summed E-state index contributed by atoms with van der Waals surface area (Å²) in [4.78, 5) is 15.0. The zero-order valence-electron chi connectivity index (χ0n) is 15.7. The Morgan fingerprint density at radius 2 is 1.64 bits per heavy atom. The lowest BCUT2D eigenvalue weighted by Crippen LogP contribution is -2.34. The molecule has 3 aromatic carbocycles. The second-order valence-electron chi connectivity index (χ2n) is 7.15. The highest BCUT2D eigenvalue weighted by atomic mass is 32.1. The van der Waals surface area contributed by atoms with Crippen molar-refractivity contribution in [2.45, 2.75) is 19.4 Å². The normalized spacial score (nSPS) is 14.1. The van der Waals surface area contributed by atoms with E-state index in [1.165, 1.54) is 31.5 Å². The molecule has 4 rings (SSSR count). The third-order valence-corrected chi connectivity index (χ3v) is 5.26. The van der Waals surface area contributed by atoms with E-state index in [-0.39, 0.29) is 5.91 Å². The first-order chi connectivity index (χ1) is 13.7. The van der Waals surface area contributed by atoms with Crippen LogP contribution in [0, 0.1) is 0 Å². The number of thiocarbonyl (C=S) groups is 1. The Morgan fingerprint density at radius 1 is 0.929 bits per heavy atom. The highest BCUT2D eigenvalue weighted by molar-refractivity contribution is 7.80. The fraction of sp³-hybridized carbons (Fsp3) is 0.217. The SMILES string of the molecule is O=C(NC(=S)Nc1ccc(CN2CCCC2)cc1)c1ccc2ccccc2c1. The number of amides is 1. The molecule has 1 fully saturated rings. The molecule has 1 heterocycles.